The van der Waals surface area contributed by atoms with E-state index in [4.69, 9.17) is 37.1 Å². The minimum absolute atomic E-state index is 0.0478. The van der Waals surface area contributed by atoms with Gasteiger partial charge in [0.25, 0.3) is 0 Å². The summed E-state index contributed by atoms with van der Waals surface area (Å²) in [7, 11) is 1.60. The molecule has 15 heteroatoms. The Balaban J connectivity index is 1.50. The van der Waals surface area contributed by atoms with Gasteiger partial charge in [-0.25, -0.2) is 0 Å². The number of ether oxygens (including phenoxy) is 3. The van der Waals surface area contributed by atoms with Crippen molar-refractivity contribution >= 4 is 5.91 Å². The fourth-order valence-electron chi connectivity index (χ4n) is 6.88. The van der Waals surface area contributed by atoms with E-state index < -0.39 is 78.4 Å². The quantitative estimate of drug-likeness (QED) is 0.0991. The number of aliphatic hydroxyl groups excluding tert-OH is 3. The van der Waals surface area contributed by atoms with E-state index in [-0.39, 0.29) is 32.0 Å². The van der Waals surface area contributed by atoms with Crippen LogP contribution in [-0.4, -0.2) is 132 Å². The number of hydrogen-bond donors (Lipinski definition) is 11. The largest absolute Gasteiger partial charge is 0.492 e. The lowest BCUT2D eigenvalue weighted by molar-refractivity contribution is -0.297. The van der Waals surface area contributed by atoms with Crippen LogP contribution in [0.5, 0.6) is 0 Å². The Kier molecular flexibility index (Phi) is 11.8. The molecule has 1 saturated heterocycles. The number of likely N-dealkylation sites (N-methyl/N-ethyl adjacent to an activating group) is 1. The van der Waals surface area contributed by atoms with E-state index in [1.54, 1.807) is 7.05 Å². The molecule has 0 aromatic rings. The second-order valence-corrected chi connectivity index (χ2v) is 13.0. The van der Waals surface area contributed by atoms with Crippen molar-refractivity contribution in [1.29, 1.82) is 0 Å². The van der Waals surface area contributed by atoms with Crippen LogP contribution in [0.25, 0.3) is 0 Å². The number of carbonyl (C=O) groups is 1. The summed E-state index contributed by atoms with van der Waals surface area (Å²) < 4.78 is 18.2. The highest BCUT2D eigenvalue weighted by Crippen LogP contribution is 2.36. The first kappa shape index (κ1) is 34.4. The summed E-state index contributed by atoms with van der Waals surface area (Å²) in [6.45, 7) is 2.81. The molecule has 2 heterocycles. The minimum Gasteiger partial charge on any atom is -0.492 e. The highest BCUT2D eigenvalue weighted by Gasteiger charge is 2.53. The summed E-state index contributed by atoms with van der Waals surface area (Å²) >= 11 is 0. The monoisotopic (exact) mass is 615 g/mol. The van der Waals surface area contributed by atoms with Gasteiger partial charge in [-0.15, -0.1) is 0 Å². The van der Waals surface area contributed by atoms with Gasteiger partial charge < -0.3 is 73.5 Å². The van der Waals surface area contributed by atoms with Crippen LogP contribution in [0.4, 0.5) is 0 Å². The Labute approximate surface area is 253 Å². The van der Waals surface area contributed by atoms with Gasteiger partial charge in [0, 0.05) is 24.0 Å². The van der Waals surface area contributed by atoms with Gasteiger partial charge in [-0.2, -0.15) is 0 Å². The van der Waals surface area contributed by atoms with Gasteiger partial charge in [0.05, 0.1) is 31.3 Å². The molecule has 4 rings (SSSR count). The number of nitrogens with two attached hydrogens (primary N) is 4. The van der Waals surface area contributed by atoms with Crippen LogP contribution in [0.15, 0.2) is 11.8 Å². The van der Waals surface area contributed by atoms with Crippen LogP contribution < -0.4 is 38.9 Å². The maximum absolute atomic E-state index is 12.8. The second kappa shape index (κ2) is 14.7. The Morgan fingerprint density at radius 1 is 1.19 bits per heavy atom. The lowest BCUT2D eigenvalue weighted by Gasteiger charge is -2.50. The van der Waals surface area contributed by atoms with Crippen LogP contribution in [-0.2, 0) is 19.0 Å². The molecule has 15 nitrogen and oxygen atoms in total. The van der Waals surface area contributed by atoms with E-state index in [2.05, 4.69) is 16.0 Å². The molecule has 248 valence electrons. The molecular weight excluding hydrogens is 562 g/mol. The van der Waals surface area contributed by atoms with E-state index in [9.17, 15) is 25.2 Å². The molecule has 43 heavy (non-hydrogen) atoms. The van der Waals surface area contributed by atoms with Gasteiger partial charge in [0.2, 0.25) is 5.91 Å². The van der Waals surface area contributed by atoms with Gasteiger partial charge in [-0.05, 0) is 71.2 Å². The maximum Gasteiger partial charge on any atom is 0.249 e. The van der Waals surface area contributed by atoms with Crippen LogP contribution in [0.3, 0.4) is 0 Å². The van der Waals surface area contributed by atoms with Gasteiger partial charge in [-0.1, -0.05) is 0 Å². The van der Waals surface area contributed by atoms with E-state index >= 15 is 0 Å². The zero-order chi connectivity index (χ0) is 31.5. The molecule has 0 aromatic heterocycles. The summed E-state index contributed by atoms with van der Waals surface area (Å²) in [6.07, 6.45) is -2.33. The predicted octanol–water partition coefficient (Wildman–Crippen LogP) is -4.34. The molecule has 0 aromatic carbocycles. The van der Waals surface area contributed by atoms with Crippen LogP contribution in [0.1, 0.15) is 39.0 Å². The highest BCUT2D eigenvalue weighted by atomic mass is 16.7. The zero-order valence-electron chi connectivity index (χ0n) is 25.2. The van der Waals surface area contributed by atoms with E-state index in [1.165, 1.54) is 6.92 Å². The average Bonchev–Trinajstić information content (AvgIpc) is 2.92. The fourth-order valence-corrected chi connectivity index (χ4v) is 6.88. The van der Waals surface area contributed by atoms with Gasteiger partial charge >= 0.3 is 0 Å². The average molecular weight is 616 g/mol. The summed E-state index contributed by atoms with van der Waals surface area (Å²) in [4.78, 5) is 12.8. The lowest BCUT2D eigenvalue weighted by Crippen LogP contribution is -2.69. The van der Waals surface area contributed by atoms with Crippen molar-refractivity contribution in [3.63, 3.8) is 0 Å². The standard InChI is InChI=1S/C28H53N7O8/c1-28(40)12-41-27(22(38)25(28)33-2)43-24-18(35-26(39)19(36)5-6-29)9-17(32)20(21(24)37)23-16(31)4-3-15(42-23)11-34-10-13-7-14(30)8-13/h3,13-14,16-25,27,33-34,36-38,40H,4-12,29-32H2,1-2H3,(H,35,39)/t13?,14?,16-,17+,18-,19+,20-,21+,22-,23?,24+,25-,27-,28+/m1/s1. The minimum atomic E-state index is -1.38. The Morgan fingerprint density at radius 2 is 1.91 bits per heavy atom. The first-order valence-electron chi connectivity index (χ1n) is 15.4. The third kappa shape index (κ3) is 8.04. The van der Waals surface area contributed by atoms with Crippen LogP contribution in [0, 0.1) is 11.8 Å². The highest BCUT2D eigenvalue weighted by molar-refractivity contribution is 5.80. The molecule has 15 N–H and O–H groups in total. The van der Waals surface area contributed by atoms with E-state index in [0.717, 1.165) is 19.4 Å². The third-order valence-electron chi connectivity index (χ3n) is 9.36. The van der Waals surface area contributed by atoms with Crippen LogP contribution >= 0.6 is 0 Å². The summed E-state index contributed by atoms with van der Waals surface area (Å²) in [5.74, 6) is -0.128. The Morgan fingerprint density at radius 3 is 2.56 bits per heavy atom. The van der Waals surface area contributed by atoms with E-state index in [0.29, 0.717) is 24.6 Å². The molecule has 1 amide bonds. The van der Waals surface area contributed by atoms with Gasteiger partial charge in [-0.3, -0.25) is 4.79 Å². The molecule has 12 atom stereocenters. The van der Waals surface area contributed by atoms with Crippen molar-refractivity contribution in [2.45, 2.75) is 112 Å². The number of hydrogen-bond acceptors (Lipinski definition) is 14. The Hall–Kier alpha value is -1.47. The van der Waals surface area contributed by atoms with Crippen molar-refractivity contribution in [3.05, 3.63) is 11.8 Å². The van der Waals surface area contributed by atoms with Gasteiger partial charge in [0.1, 0.15) is 35.8 Å². The Bertz CT molecular complexity index is 954. The molecule has 4 aliphatic rings. The summed E-state index contributed by atoms with van der Waals surface area (Å²) in [6, 6.07) is -2.49. The number of nitrogens with one attached hydrogen (secondary N) is 3. The molecule has 2 aliphatic heterocycles. The number of amides is 1. The number of rotatable bonds is 12. The normalized spacial score (nSPS) is 44.1. The van der Waals surface area contributed by atoms with Crippen molar-refractivity contribution in [2.24, 2.45) is 34.8 Å². The molecule has 0 spiro atoms. The summed E-state index contributed by atoms with van der Waals surface area (Å²) in [5.41, 5.74) is 23.2. The number of carbonyl (C=O) groups excluding carboxylic acids is 1. The first-order chi connectivity index (χ1) is 20.4. The molecule has 0 radical (unpaired) electrons. The van der Waals surface area contributed by atoms with Crippen molar-refractivity contribution < 1.29 is 39.4 Å². The summed E-state index contributed by atoms with van der Waals surface area (Å²) in [5, 5.41) is 52.8. The van der Waals surface area contributed by atoms with Gasteiger partial charge in [0.15, 0.2) is 6.29 Å². The lowest BCUT2D eigenvalue weighted by atomic mass is 9.72. The fraction of sp³-hybridized carbons (Fsp3) is 0.893. The molecule has 3 fully saturated rings. The van der Waals surface area contributed by atoms with Crippen molar-refractivity contribution in [3.8, 4) is 0 Å². The molecule has 2 saturated carbocycles. The number of aliphatic hydroxyl groups is 4. The predicted molar refractivity (Wildman–Crippen MR) is 157 cm³/mol. The topological polar surface area (TPSA) is 266 Å². The van der Waals surface area contributed by atoms with Crippen molar-refractivity contribution in [2.75, 3.05) is 33.3 Å². The third-order valence-corrected chi connectivity index (χ3v) is 9.36. The molecular formula is C28H53N7O8. The molecule has 2 aliphatic carbocycles. The smallest absolute Gasteiger partial charge is 0.249 e. The zero-order valence-corrected chi connectivity index (χ0v) is 25.2. The second-order valence-electron chi connectivity index (χ2n) is 13.0. The van der Waals surface area contributed by atoms with Crippen molar-refractivity contribution in [1.82, 2.24) is 16.0 Å². The maximum atomic E-state index is 12.8. The first-order valence-corrected chi connectivity index (χ1v) is 15.4. The van der Waals surface area contributed by atoms with Crippen LogP contribution in [0.2, 0.25) is 0 Å². The molecule has 0 bridgehead atoms. The SMILES string of the molecule is CN[C@@H]1[C@@H](O)[C@@H](O[C@@H]2[C@@H](O)[C@H](C3OC(CNCC4CC(N)C4)=CC[C@H]3N)[C@@H](N)C[C@H]2NC(=O)[C@@H](O)CCN)OC[C@]1(C)O. The molecule has 1 unspecified atom stereocenters. The van der Waals surface area contributed by atoms with E-state index in [1.807, 2.05) is 6.08 Å².